The van der Waals surface area contributed by atoms with Gasteiger partial charge < -0.3 is 14.5 Å². The number of anilines is 1. The molecule has 4 rings (SSSR count). The molecule has 0 aromatic heterocycles. The predicted octanol–water partition coefficient (Wildman–Crippen LogP) is 1.99. The van der Waals surface area contributed by atoms with Crippen molar-refractivity contribution < 1.29 is 14.3 Å². The van der Waals surface area contributed by atoms with Crippen molar-refractivity contribution in [1.29, 1.82) is 0 Å². The van der Waals surface area contributed by atoms with Gasteiger partial charge in [-0.3, -0.25) is 9.59 Å². The second kappa shape index (κ2) is 6.55. The lowest BCUT2D eigenvalue weighted by molar-refractivity contribution is -0.140. The van der Waals surface area contributed by atoms with Crippen molar-refractivity contribution in [3.63, 3.8) is 0 Å². The third kappa shape index (κ3) is 3.05. The van der Waals surface area contributed by atoms with Gasteiger partial charge in [0.2, 0.25) is 11.8 Å². The summed E-state index contributed by atoms with van der Waals surface area (Å²) in [6, 6.07) is 8.26. The maximum atomic E-state index is 12.7. The summed E-state index contributed by atoms with van der Waals surface area (Å²) in [5, 5.41) is 0. The Morgan fingerprint density at radius 3 is 2.88 bits per heavy atom. The van der Waals surface area contributed by atoms with Crippen LogP contribution in [0.15, 0.2) is 24.3 Å². The fourth-order valence-electron chi connectivity index (χ4n) is 3.90. The molecule has 5 heteroatoms. The first kappa shape index (κ1) is 15.6. The van der Waals surface area contributed by atoms with Crippen LogP contribution in [0.2, 0.25) is 0 Å². The van der Waals surface area contributed by atoms with E-state index in [4.69, 9.17) is 4.74 Å². The number of carbonyl (C=O) groups is 2. The Balaban J connectivity index is 1.42. The second-order valence-electron chi connectivity index (χ2n) is 6.99. The Bertz CT molecular complexity index is 641. The quantitative estimate of drug-likeness (QED) is 0.849. The van der Waals surface area contributed by atoms with E-state index in [1.54, 1.807) is 4.90 Å². The molecule has 2 heterocycles. The number of hydrogen-bond donors (Lipinski definition) is 0. The number of aryl methyl sites for hydroxylation is 1. The highest BCUT2D eigenvalue weighted by Gasteiger charge is 2.39. The van der Waals surface area contributed by atoms with Gasteiger partial charge in [0.05, 0.1) is 19.3 Å². The van der Waals surface area contributed by atoms with Gasteiger partial charge in [0.25, 0.3) is 0 Å². The zero-order chi connectivity index (χ0) is 16.5. The highest BCUT2D eigenvalue weighted by molar-refractivity contribution is 5.97. The normalized spacial score (nSPS) is 24.0. The van der Waals surface area contributed by atoms with Gasteiger partial charge in [0, 0.05) is 31.6 Å². The monoisotopic (exact) mass is 328 g/mol. The topological polar surface area (TPSA) is 49.9 Å². The highest BCUT2D eigenvalue weighted by Crippen LogP contribution is 2.37. The van der Waals surface area contributed by atoms with Crippen LogP contribution in [0, 0.1) is 5.92 Å². The fraction of sp³-hybridized carbons (Fsp3) is 0.579. The van der Waals surface area contributed by atoms with Crippen LogP contribution in [0.3, 0.4) is 0 Å². The molecule has 5 nitrogen and oxygen atoms in total. The molecule has 2 fully saturated rings. The molecule has 3 aliphatic rings. The molecule has 24 heavy (non-hydrogen) atoms. The molecule has 128 valence electrons. The first-order chi connectivity index (χ1) is 11.7. The maximum absolute atomic E-state index is 12.7. The van der Waals surface area contributed by atoms with E-state index in [1.165, 1.54) is 18.4 Å². The van der Waals surface area contributed by atoms with Crippen molar-refractivity contribution in [1.82, 2.24) is 4.90 Å². The number of hydrogen-bond acceptors (Lipinski definition) is 3. The van der Waals surface area contributed by atoms with E-state index in [2.05, 4.69) is 6.07 Å². The van der Waals surface area contributed by atoms with Gasteiger partial charge in [-0.25, -0.2) is 0 Å². The summed E-state index contributed by atoms with van der Waals surface area (Å²) in [5.41, 5.74) is 2.18. The van der Waals surface area contributed by atoms with E-state index in [0.717, 1.165) is 12.1 Å². The van der Waals surface area contributed by atoms with Gasteiger partial charge in [-0.05, 0) is 36.8 Å². The van der Waals surface area contributed by atoms with E-state index >= 15 is 0 Å². The molecule has 1 aliphatic carbocycles. The minimum Gasteiger partial charge on any atom is -0.377 e. The van der Waals surface area contributed by atoms with Crippen molar-refractivity contribution in [3.05, 3.63) is 29.8 Å². The highest BCUT2D eigenvalue weighted by atomic mass is 16.5. The summed E-state index contributed by atoms with van der Waals surface area (Å²) in [7, 11) is 0. The Morgan fingerprint density at radius 2 is 2.04 bits per heavy atom. The van der Waals surface area contributed by atoms with Crippen LogP contribution < -0.4 is 4.90 Å². The number of ether oxygens (including phenoxy) is 1. The zero-order valence-electron chi connectivity index (χ0n) is 13.9. The average molecular weight is 328 g/mol. The van der Waals surface area contributed by atoms with Crippen LogP contribution in [0.5, 0.6) is 0 Å². The van der Waals surface area contributed by atoms with Gasteiger partial charge in [0.1, 0.15) is 0 Å². The van der Waals surface area contributed by atoms with Crippen molar-refractivity contribution in [2.75, 3.05) is 31.2 Å². The summed E-state index contributed by atoms with van der Waals surface area (Å²) in [6.07, 6.45) is 4.13. The van der Waals surface area contributed by atoms with Crippen LogP contribution in [-0.4, -0.2) is 49.1 Å². The summed E-state index contributed by atoms with van der Waals surface area (Å²) < 4.78 is 5.56. The molecule has 0 N–H and O–H groups in total. The Kier molecular flexibility index (Phi) is 4.27. The maximum Gasteiger partial charge on any atom is 0.227 e. The minimum absolute atomic E-state index is 0.127. The van der Waals surface area contributed by atoms with Gasteiger partial charge in [-0.2, -0.15) is 0 Å². The number of nitrogens with zero attached hydrogens (tertiary/aromatic N) is 2. The SMILES string of the molecule is O=C1CCc2ccccc2N1CCC(=O)N1CCOCC1C1CC1. The third-order valence-electron chi connectivity index (χ3n) is 5.39. The second-order valence-corrected chi connectivity index (χ2v) is 6.99. The lowest BCUT2D eigenvalue weighted by atomic mass is 10.0. The smallest absolute Gasteiger partial charge is 0.227 e. The fourth-order valence-corrected chi connectivity index (χ4v) is 3.90. The van der Waals surface area contributed by atoms with E-state index in [0.29, 0.717) is 45.1 Å². The van der Waals surface area contributed by atoms with E-state index < -0.39 is 0 Å². The molecule has 1 saturated carbocycles. The minimum atomic E-state index is 0.127. The number of para-hydroxylation sites is 1. The molecule has 1 unspecified atom stereocenters. The van der Waals surface area contributed by atoms with Crippen LogP contribution >= 0.6 is 0 Å². The Hall–Kier alpha value is -1.88. The lowest BCUT2D eigenvalue weighted by Crippen LogP contribution is -2.50. The van der Waals surface area contributed by atoms with Crippen LogP contribution in [0.25, 0.3) is 0 Å². The Labute approximate surface area is 142 Å². The number of morpholine rings is 1. The van der Waals surface area contributed by atoms with Crippen molar-refractivity contribution in [2.24, 2.45) is 5.92 Å². The first-order valence-electron chi connectivity index (χ1n) is 8.99. The molecule has 1 atom stereocenters. The van der Waals surface area contributed by atoms with Gasteiger partial charge in [-0.15, -0.1) is 0 Å². The molecule has 1 aromatic carbocycles. The molecule has 2 amide bonds. The molecule has 0 radical (unpaired) electrons. The number of benzene rings is 1. The van der Waals surface area contributed by atoms with Gasteiger partial charge in [-0.1, -0.05) is 18.2 Å². The molecule has 1 aromatic rings. The van der Waals surface area contributed by atoms with Gasteiger partial charge in [0.15, 0.2) is 0 Å². The Morgan fingerprint density at radius 1 is 1.21 bits per heavy atom. The number of rotatable bonds is 4. The molecule has 0 spiro atoms. The van der Waals surface area contributed by atoms with Crippen LogP contribution in [0.4, 0.5) is 5.69 Å². The van der Waals surface area contributed by atoms with Gasteiger partial charge >= 0.3 is 0 Å². The zero-order valence-corrected chi connectivity index (χ0v) is 13.9. The number of fused-ring (bicyclic) bond motifs is 1. The number of carbonyl (C=O) groups excluding carboxylic acids is 2. The molecule has 2 aliphatic heterocycles. The molecular weight excluding hydrogens is 304 g/mol. The molecular formula is C19H24N2O3. The third-order valence-corrected chi connectivity index (χ3v) is 5.39. The molecule has 1 saturated heterocycles. The summed E-state index contributed by atoms with van der Waals surface area (Å²) in [5.74, 6) is 0.903. The summed E-state index contributed by atoms with van der Waals surface area (Å²) in [4.78, 5) is 28.8. The molecule has 0 bridgehead atoms. The van der Waals surface area contributed by atoms with Crippen LogP contribution in [-0.2, 0) is 20.7 Å². The standard InChI is InChI=1S/C19H24N2O3/c22-18-8-7-14-3-1-2-4-16(14)20(18)10-9-19(23)21-11-12-24-13-17(21)15-5-6-15/h1-4,15,17H,5-13H2. The van der Waals surface area contributed by atoms with E-state index in [-0.39, 0.29) is 17.9 Å². The van der Waals surface area contributed by atoms with Crippen molar-refractivity contribution in [2.45, 2.75) is 38.1 Å². The van der Waals surface area contributed by atoms with E-state index in [1.807, 2.05) is 23.1 Å². The van der Waals surface area contributed by atoms with E-state index in [9.17, 15) is 9.59 Å². The lowest BCUT2D eigenvalue weighted by Gasteiger charge is -2.37. The van der Waals surface area contributed by atoms with Crippen LogP contribution in [0.1, 0.15) is 31.2 Å². The first-order valence-corrected chi connectivity index (χ1v) is 8.99. The number of amides is 2. The largest absolute Gasteiger partial charge is 0.377 e. The summed E-state index contributed by atoms with van der Waals surface area (Å²) in [6.45, 7) is 2.45. The predicted molar refractivity (Wildman–Crippen MR) is 90.8 cm³/mol. The summed E-state index contributed by atoms with van der Waals surface area (Å²) >= 11 is 0. The average Bonchev–Trinajstić information content (AvgIpc) is 3.46. The van der Waals surface area contributed by atoms with Crippen molar-refractivity contribution in [3.8, 4) is 0 Å². The van der Waals surface area contributed by atoms with Crippen molar-refractivity contribution >= 4 is 17.5 Å².